The molecular formula is C16H22N2O2. The molecule has 0 fully saturated rings. The van der Waals surface area contributed by atoms with E-state index in [1.54, 1.807) is 13.8 Å². The van der Waals surface area contributed by atoms with Gasteiger partial charge in [0.05, 0.1) is 12.7 Å². The average Bonchev–Trinajstić information content (AvgIpc) is 2.45. The first-order valence-electron chi connectivity index (χ1n) is 6.91. The number of carbonyl (C=O) groups is 1. The van der Waals surface area contributed by atoms with Crippen LogP contribution >= 0.6 is 0 Å². The highest BCUT2D eigenvalue weighted by Crippen LogP contribution is 2.16. The van der Waals surface area contributed by atoms with E-state index in [4.69, 9.17) is 10.00 Å². The zero-order valence-corrected chi connectivity index (χ0v) is 12.4. The van der Waals surface area contributed by atoms with Gasteiger partial charge < -0.3 is 10.1 Å². The molecule has 1 aromatic carbocycles. The summed E-state index contributed by atoms with van der Waals surface area (Å²) >= 11 is 0. The normalized spacial score (nSPS) is 10.7. The van der Waals surface area contributed by atoms with E-state index >= 15 is 0 Å². The Balaban J connectivity index is 2.55. The van der Waals surface area contributed by atoms with Crippen molar-refractivity contribution in [3.8, 4) is 11.8 Å². The maximum Gasteiger partial charge on any atom is 0.240 e. The van der Waals surface area contributed by atoms with Crippen LogP contribution in [0.3, 0.4) is 0 Å². The number of benzene rings is 1. The zero-order valence-electron chi connectivity index (χ0n) is 12.4. The number of ether oxygens (including phenoxy) is 1. The van der Waals surface area contributed by atoms with E-state index in [2.05, 4.69) is 12.2 Å². The van der Waals surface area contributed by atoms with Gasteiger partial charge >= 0.3 is 0 Å². The topological polar surface area (TPSA) is 62.1 Å². The van der Waals surface area contributed by atoms with Crippen molar-refractivity contribution in [3.63, 3.8) is 0 Å². The Labute approximate surface area is 120 Å². The number of unbranched alkanes of at least 4 members (excludes halogenated alkanes) is 1. The number of hydrogen-bond acceptors (Lipinski definition) is 3. The zero-order chi connectivity index (χ0) is 15.0. The first kappa shape index (κ1) is 16.0. The Bertz CT molecular complexity index is 489. The molecule has 1 rings (SSSR count). The quantitative estimate of drug-likeness (QED) is 0.777. The van der Waals surface area contributed by atoms with Crippen molar-refractivity contribution >= 4 is 5.91 Å². The van der Waals surface area contributed by atoms with Crippen molar-refractivity contribution in [1.82, 2.24) is 5.32 Å². The van der Waals surface area contributed by atoms with E-state index in [0.717, 1.165) is 24.2 Å². The lowest BCUT2D eigenvalue weighted by molar-refractivity contribution is -0.126. The maximum atomic E-state index is 11.8. The molecule has 1 aromatic rings. The minimum absolute atomic E-state index is 0.266. The summed E-state index contributed by atoms with van der Waals surface area (Å²) in [5.41, 5.74) is -0.0454. The fourth-order valence-corrected chi connectivity index (χ4v) is 1.53. The fourth-order valence-electron chi connectivity index (χ4n) is 1.53. The van der Waals surface area contributed by atoms with Gasteiger partial charge in [-0.3, -0.25) is 4.79 Å². The van der Waals surface area contributed by atoms with Gasteiger partial charge in [0, 0.05) is 6.54 Å². The molecule has 0 saturated heterocycles. The molecular weight excluding hydrogens is 252 g/mol. The number of carbonyl (C=O) groups excluding carboxylic acids is 1. The molecule has 0 spiro atoms. The highest BCUT2D eigenvalue weighted by atomic mass is 16.5. The monoisotopic (exact) mass is 274 g/mol. The van der Waals surface area contributed by atoms with Crippen molar-refractivity contribution in [2.24, 2.45) is 5.41 Å². The van der Waals surface area contributed by atoms with Crippen LogP contribution < -0.4 is 10.1 Å². The number of nitrogens with one attached hydrogen (secondary N) is 1. The summed E-state index contributed by atoms with van der Waals surface area (Å²) < 4.78 is 5.62. The van der Waals surface area contributed by atoms with Crippen molar-refractivity contribution in [3.05, 3.63) is 29.8 Å². The Hall–Kier alpha value is -2.02. The molecule has 4 nitrogen and oxygen atoms in total. The van der Waals surface area contributed by atoms with Crippen LogP contribution in [0.15, 0.2) is 24.3 Å². The average molecular weight is 274 g/mol. The number of hydrogen-bond donors (Lipinski definition) is 1. The van der Waals surface area contributed by atoms with E-state index in [-0.39, 0.29) is 5.91 Å². The summed E-state index contributed by atoms with van der Waals surface area (Å²) in [6.45, 7) is 6.42. The number of nitriles is 1. The molecule has 0 bridgehead atoms. The van der Waals surface area contributed by atoms with Gasteiger partial charge in [-0.2, -0.15) is 5.26 Å². The lowest BCUT2D eigenvalue weighted by Gasteiger charge is -2.15. The molecule has 0 saturated carbocycles. The lowest BCUT2D eigenvalue weighted by Crippen LogP contribution is -2.35. The summed E-state index contributed by atoms with van der Waals surface area (Å²) in [6, 6.07) is 9.63. The Morgan fingerprint density at radius 3 is 2.85 bits per heavy atom. The van der Waals surface area contributed by atoms with Crippen LogP contribution in [0, 0.1) is 16.7 Å². The van der Waals surface area contributed by atoms with E-state index in [0.29, 0.717) is 13.2 Å². The Morgan fingerprint density at radius 2 is 2.20 bits per heavy atom. The highest BCUT2D eigenvalue weighted by molar-refractivity contribution is 5.84. The van der Waals surface area contributed by atoms with Crippen molar-refractivity contribution in [1.29, 1.82) is 5.26 Å². The maximum absolute atomic E-state index is 11.8. The summed E-state index contributed by atoms with van der Waals surface area (Å²) in [5, 5.41) is 11.7. The van der Waals surface area contributed by atoms with Crippen molar-refractivity contribution < 1.29 is 9.53 Å². The van der Waals surface area contributed by atoms with Gasteiger partial charge in [-0.1, -0.05) is 25.5 Å². The predicted molar refractivity (Wildman–Crippen MR) is 78.1 cm³/mol. The summed E-state index contributed by atoms with van der Waals surface area (Å²) in [5.74, 6) is 0.544. The first-order chi connectivity index (χ1) is 9.49. The Kier molecular flexibility index (Phi) is 6.05. The van der Waals surface area contributed by atoms with Gasteiger partial charge in [0.1, 0.15) is 11.2 Å². The second kappa shape index (κ2) is 7.54. The SMILES string of the molecule is CCCCOc1cccc(CNC(=O)C(C)(C)C#N)c1. The van der Waals surface area contributed by atoms with Crippen LogP contribution in [-0.4, -0.2) is 12.5 Å². The molecule has 108 valence electrons. The van der Waals surface area contributed by atoms with Crippen LogP contribution in [0.25, 0.3) is 0 Å². The molecule has 0 aliphatic carbocycles. The van der Waals surface area contributed by atoms with Crippen molar-refractivity contribution in [2.45, 2.75) is 40.2 Å². The number of rotatable bonds is 7. The molecule has 4 heteroatoms. The van der Waals surface area contributed by atoms with Crippen LogP contribution in [-0.2, 0) is 11.3 Å². The van der Waals surface area contributed by atoms with E-state index in [9.17, 15) is 4.79 Å². The minimum Gasteiger partial charge on any atom is -0.494 e. The molecule has 0 unspecified atom stereocenters. The summed E-state index contributed by atoms with van der Waals surface area (Å²) in [4.78, 5) is 11.8. The van der Waals surface area contributed by atoms with Crippen LogP contribution in [0.2, 0.25) is 0 Å². The number of amides is 1. The van der Waals surface area contributed by atoms with Gasteiger partial charge in [0.15, 0.2) is 0 Å². The molecule has 1 N–H and O–H groups in total. The third kappa shape index (κ3) is 4.93. The van der Waals surface area contributed by atoms with Gasteiger partial charge in [-0.05, 0) is 38.0 Å². The minimum atomic E-state index is -1.00. The van der Waals surface area contributed by atoms with Gasteiger partial charge in [0.2, 0.25) is 5.91 Å². The van der Waals surface area contributed by atoms with Gasteiger partial charge in [-0.25, -0.2) is 0 Å². The van der Waals surface area contributed by atoms with E-state index in [1.807, 2.05) is 30.3 Å². The van der Waals surface area contributed by atoms with E-state index in [1.165, 1.54) is 0 Å². The molecule has 20 heavy (non-hydrogen) atoms. The van der Waals surface area contributed by atoms with Crippen LogP contribution in [0.5, 0.6) is 5.75 Å². The van der Waals surface area contributed by atoms with Gasteiger partial charge in [0.25, 0.3) is 0 Å². The molecule has 0 heterocycles. The number of nitrogens with zero attached hydrogens (tertiary/aromatic N) is 1. The predicted octanol–water partition coefficient (Wildman–Crippen LogP) is 3.03. The molecule has 0 aliphatic rings. The fraction of sp³-hybridized carbons (Fsp3) is 0.500. The summed E-state index contributed by atoms with van der Waals surface area (Å²) in [6.07, 6.45) is 2.12. The standard InChI is InChI=1S/C16H22N2O2/c1-4-5-9-20-14-8-6-7-13(10-14)11-18-15(19)16(2,3)12-17/h6-8,10H,4-5,9,11H2,1-3H3,(H,18,19). The summed E-state index contributed by atoms with van der Waals surface area (Å²) in [7, 11) is 0. The molecule has 1 amide bonds. The second-order valence-corrected chi connectivity index (χ2v) is 5.27. The molecule has 0 radical (unpaired) electrons. The second-order valence-electron chi connectivity index (χ2n) is 5.27. The first-order valence-corrected chi connectivity index (χ1v) is 6.91. The smallest absolute Gasteiger partial charge is 0.240 e. The molecule has 0 atom stereocenters. The van der Waals surface area contributed by atoms with Crippen LogP contribution in [0.1, 0.15) is 39.2 Å². The highest BCUT2D eigenvalue weighted by Gasteiger charge is 2.26. The molecule has 0 aliphatic heterocycles. The van der Waals surface area contributed by atoms with Crippen molar-refractivity contribution in [2.75, 3.05) is 6.61 Å². The third-order valence-electron chi connectivity index (χ3n) is 2.97. The lowest BCUT2D eigenvalue weighted by atomic mass is 9.95. The molecule has 0 aromatic heterocycles. The largest absolute Gasteiger partial charge is 0.494 e. The Morgan fingerprint density at radius 1 is 1.45 bits per heavy atom. The van der Waals surface area contributed by atoms with Gasteiger partial charge in [-0.15, -0.1) is 0 Å². The third-order valence-corrected chi connectivity index (χ3v) is 2.97. The van der Waals surface area contributed by atoms with Crippen LogP contribution in [0.4, 0.5) is 0 Å². The van der Waals surface area contributed by atoms with E-state index < -0.39 is 5.41 Å².